The highest BCUT2D eigenvalue weighted by Crippen LogP contribution is 2.37. The van der Waals surface area contributed by atoms with Gasteiger partial charge < -0.3 is 20.4 Å². The number of hydrogen-bond acceptors (Lipinski definition) is 6. The van der Waals surface area contributed by atoms with Crippen molar-refractivity contribution in [2.24, 2.45) is 5.41 Å². The maximum Gasteiger partial charge on any atom is 0.245 e. The monoisotopic (exact) mass is 455 g/mol. The molecule has 8 heteroatoms. The Morgan fingerprint density at radius 3 is 2.55 bits per heavy atom. The van der Waals surface area contributed by atoms with Crippen LogP contribution in [0.4, 0.5) is 0 Å². The molecule has 1 aliphatic rings. The molecule has 3 rings (SSSR count). The van der Waals surface area contributed by atoms with Crippen molar-refractivity contribution in [3.05, 3.63) is 65.2 Å². The number of phenolic OH excluding ortho intramolecular Hbond substituents is 1. The number of carbonyl (C=O) groups is 2. The van der Waals surface area contributed by atoms with Crippen molar-refractivity contribution < 1.29 is 25.0 Å². The van der Waals surface area contributed by atoms with E-state index in [-0.39, 0.29) is 30.0 Å². The summed E-state index contributed by atoms with van der Waals surface area (Å²) < 4.78 is 0. The first-order valence-corrected chi connectivity index (χ1v) is 11.1. The Bertz CT molecular complexity index is 988. The van der Waals surface area contributed by atoms with E-state index in [0.29, 0.717) is 18.5 Å². The molecule has 5 N–H and O–H groups in total. The van der Waals surface area contributed by atoms with E-state index in [0.717, 1.165) is 11.1 Å². The van der Waals surface area contributed by atoms with Gasteiger partial charge in [0.25, 0.3) is 0 Å². The van der Waals surface area contributed by atoms with E-state index in [4.69, 9.17) is 5.21 Å². The van der Waals surface area contributed by atoms with Gasteiger partial charge in [-0.15, -0.1) is 0 Å². The topological polar surface area (TPSA) is 122 Å². The third kappa shape index (κ3) is 6.31. The lowest BCUT2D eigenvalue weighted by atomic mass is 9.95. The lowest BCUT2D eigenvalue weighted by Crippen LogP contribution is -2.52. The quantitative estimate of drug-likeness (QED) is 0.308. The number of aliphatic hydroxyl groups is 1. The summed E-state index contributed by atoms with van der Waals surface area (Å²) in [6.45, 7) is 6.63. The van der Waals surface area contributed by atoms with Crippen LogP contribution in [0, 0.1) is 5.41 Å². The minimum atomic E-state index is -0.909. The zero-order valence-electron chi connectivity index (χ0n) is 19.3. The van der Waals surface area contributed by atoms with E-state index >= 15 is 0 Å². The Morgan fingerprint density at radius 1 is 1.15 bits per heavy atom. The molecule has 0 radical (unpaired) electrons. The highest BCUT2D eigenvalue weighted by atomic mass is 16.5. The molecular weight excluding hydrogens is 422 g/mol. The number of fused-ring (bicyclic) bond motifs is 1. The Labute approximate surface area is 194 Å². The van der Waals surface area contributed by atoms with Gasteiger partial charge in [-0.3, -0.25) is 14.8 Å². The Morgan fingerprint density at radius 2 is 1.88 bits per heavy atom. The predicted molar refractivity (Wildman–Crippen MR) is 123 cm³/mol. The molecule has 0 aliphatic heterocycles. The van der Waals surface area contributed by atoms with Crippen LogP contribution in [0.2, 0.25) is 0 Å². The van der Waals surface area contributed by atoms with E-state index in [1.807, 2.05) is 45.0 Å². The highest BCUT2D eigenvalue weighted by molar-refractivity contribution is 5.88. The first-order valence-electron chi connectivity index (χ1n) is 11.1. The molecule has 0 unspecified atom stereocenters. The SMILES string of the molecule is CC(C)(C)CN[C@H](CC(=O)NO)C(=O)N(Cc1cccc(O)c1)[C@H]1c2ccccc2C[C@H]1O. The average Bonchev–Trinajstić information content (AvgIpc) is 3.09. The molecule has 0 fully saturated rings. The van der Waals surface area contributed by atoms with Crippen molar-refractivity contribution in [3.63, 3.8) is 0 Å². The predicted octanol–water partition coefficient (Wildman–Crippen LogP) is 2.28. The van der Waals surface area contributed by atoms with Crippen molar-refractivity contribution in [3.8, 4) is 5.75 Å². The number of hydroxylamine groups is 1. The van der Waals surface area contributed by atoms with E-state index in [1.165, 1.54) is 0 Å². The maximum atomic E-state index is 13.9. The number of nitrogens with one attached hydrogen (secondary N) is 2. The zero-order chi connectivity index (χ0) is 24.2. The van der Waals surface area contributed by atoms with Crippen molar-refractivity contribution in [2.45, 2.75) is 58.3 Å². The summed E-state index contributed by atoms with van der Waals surface area (Å²) in [5.41, 5.74) is 3.98. The molecule has 2 aromatic rings. The van der Waals surface area contributed by atoms with Gasteiger partial charge in [0.05, 0.1) is 24.6 Å². The summed E-state index contributed by atoms with van der Waals surface area (Å²) >= 11 is 0. The average molecular weight is 456 g/mol. The molecule has 0 spiro atoms. The van der Waals surface area contributed by atoms with Crippen LogP contribution in [0.5, 0.6) is 5.75 Å². The number of amides is 2. The smallest absolute Gasteiger partial charge is 0.245 e. The largest absolute Gasteiger partial charge is 0.508 e. The fraction of sp³-hybridized carbons (Fsp3) is 0.440. The van der Waals surface area contributed by atoms with Gasteiger partial charge in [0.1, 0.15) is 5.75 Å². The molecular formula is C25H33N3O5. The molecule has 33 heavy (non-hydrogen) atoms. The molecule has 3 atom stereocenters. The van der Waals surface area contributed by atoms with Crippen LogP contribution >= 0.6 is 0 Å². The lowest BCUT2D eigenvalue weighted by Gasteiger charge is -2.35. The highest BCUT2D eigenvalue weighted by Gasteiger charge is 2.40. The Balaban J connectivity index is 1.98. The molecule has 8 nitrogen and oxygen atoms in total. The van der Waals surface area contributed by atoms with Gasteiger partial charge >= 0.3 is 0 Å². The molecule has 0 aromatic heterocycles. The second-order valence-electron chi connectivity index (χ2n) is 9.78. The summed E-state index contributed by atoms with van der Waals surface area (Å²) in [6.07, 6.45) is -0.646. The molecule has 0 saturated carbocycles. The van der Waals surface area contributed by atoms with Crippen LogP contribution in [0.1, 0.15) is 49.9 Å². The van der Waals surface area contributed by atoms with Crippen LogP contribution in [0.3, 0.4) is 0 Å². The number of benzene rings is 2. The number of carbonyl (C=O) groups excluding carboxylic acids is 2. The minimum Gasteiger partial charge on any atom is -0.508 e. The molecule has 0 heterocycles. The van der Waals surface area contributed by atoms with Crippen molar-refractivity contribution in [2.75, 3.05) is 6.54 Å². The van der Waals surface area contributed by atoms with E-state index in [2.05, 4.69) is 5.32 Å². The van der Waals surface area contributed by atoms with Gasteiger partial charge in [0.2, 0.25) is 11.8 Å². The molecule has 2 aromatic carbocycles. The van der Waals surface area contributed by atoms with Crippen LogP contribution < -0.4 is 10.8 Å². The molecule has 0 bridgehead atoms. The number of phenols is 1. The molecule has 0 saturated heterocycles. The number of hydrogen-bond donors (Lipinski definition) is 5. The third-order valence-electron chi connectivity index (χ3n) is 5.74. The number of nitrogens with zero attached hydrogens (tertiary/aromatic N) is 1. The molecule has 178 valence electrons. The standard InChI is InChI=1S/C25H33N3O5/c1-25(2,3)15-26-20(13-22(31)27-33)24(32)28(14-16-7-6-9-18(29)11-16)23-19-10-5-4-8-17(19)12-21(23)30/h4-11,20-21,23,26,29-30,33H,12-15H2,1-3H3,(H,27,31)/t20-,21-,23+/m1/s1. The van der Waals surface area contributed by atoms with Gasteiger partial charge in [-0.1, -0.05) is 57.2 Å². The number of rotatable bonds is 8. The minimum absolute atomic E-state index is 0.0781. The number of aliphatic hydroxyl groups excluding tert-OH is 1. The van der Waals surface area contributed by atoms with Gasteiger partial charge in [-0.2, -0.15) is 0 Å². The summed E-state index contributed by atoms with van der Waals surface area (Å²) in [7, 11) is 0. The summed E-state index contributed by atoms with van der Waals surface area (Å²) in [5, 5.41) is 33.1. The van der Waals surface area contributed by atoms with Gasteiger partial charge in [0, 0.05) is 19.5 Å². The fourth-order valence-electron chi connectivity index (χ4n) is 4.20. The Hall–Kier alpha value is -2.94. The van der Waals surface area contributed by atoms with Crippen LogP contribution in [0.25, 0.3) is 0 Å². The first kappa shape index (κ1) is 24.7. The van der Waals surface area contributed by atoms with Crippen LogP contribution in [-0.2, 0) is 22.6 Å². The molecule has 1 aliphatic carbocycles. The second-order valence-corrected chi connectivity index (χ2v) is 9.78. The van der Waals surface area contributed by atoms with Gasteiger partial charge in [0.15, 0.2) is 0 Å². The van der Waals surface area contributed by atoms with Crippen LogP contribution in [0.15, 0.2) is 48.5 Å². The van der Waals surface area contributed by atoms with Gasteiger partial charge in [-0.05, 0) is 34.2 Å². The van der Waals surface area contributed by atoms with Crippen molar-refractivity contribution >= 4 is 11.8 Å². The summed E-state index contributed by atoms with van der Waals surface area (Å²) in [4.78, 5) is 27.4. The van der Waals surface area contributed by atoms with E-state index in [1.54, 1.807) is 34.6 Å². The fourth-order valence-corrected chi connectivity index (χ4v) is 4.20. The third-order valence-corrected chi connectivity index (χ3v) is 5.74. The Kier molecular flexibility index (Phi) is 7.73. The maximum absolute atomic E-state index is 13.9. The first-order chi connectivity index (χ1) is 15.6. The number of aromatic hydroxyl groups is 1. The van der Waals surface area contributed by atoms with Crippen molar-refractivity contribution in [1.82, 2.24) is 15.7 Å². The second kappa shape index (κ2) is 10.3. The summed E-state index contributed by atoms with van der Waals surface area (Å²) in [5.74, 6) is -0.972. The van der Waals surface area contributed by atoms with E-state index in [9.17, 15) is 19.8 Å². The van der Waals surface area contributed by atoms with Crippen molar-refractivity contribution in [1.29, 1.82) is 0 Å². The lowest BCUT2D eigenvalue weighted by molar-refractivity contribution is -0.142. The zero-order valence-corrected chi connectivity index (χ0v) is 19.3. The normalized spacial score (nSPS) is 18.5. The summed E-state index contributed by atoms with van der Waals surface area (Å²) in [6, 6.07) is 12.7. The molecule has 2 amide bonds. The van der Waals surface area contributed by atoms with Gasteiger partial charge in [-0.25, -0.2) is 5.48 Å². The van der Waals surface area contributed by atoms with Crippen LogP contribution in [-0.4, -0.2) is 50.8 Å². The van der Waals surface area contributed by atoms with E-state index < -0.39 is 24.1 Å².